The van der Waals surface area contributed by atoms with Gasteiger partial charge >= 0.3 is 18.3 Å². The highest BCUT2D eigenvalue weighted by Crippen LogP contribution is 2.28. The maximum absolute atomic E-state index is 13.6. The van der Waals surface area contributed by atoms with Gasteiger partial charge in [-0.25, -0.2) is 27.8 Å². The Bertz CT molecular complexity index is 2000. The smallest absolute Gasteiger partial charge is 0.436 e. The van der Waals surface area contributed by atoms with Crippen molar-refractivity contribution in [3.05, 3.63) is 64.6 Å². The number of sulfone groups is 1. The molecule has 0 radical (unpaired) electrons. The molecular weight excluding hydrogens is 728 g/mol. The zero-order valence-electron chi connectivity index (χ0n) is 31.3. The Morgan fingerprint density at radius 1 is 1.02 bits per heavy atom. The maximum atomic E-state index is 13.6. The van der Waals surface area contributed by atoms with Gasteiger partial charge in [0.25, 0.3) is 5.56 Å². The third-order valence-corrected chi connectivity index (χ3v) is 7.84. The van der Waals surface area contributed by atoms with Crippen molar-refractivity contribution in [2.24, 2.45) is 0 Å². The van der Waals surface area contributed by atoms with Crippen molar-refractivity contribution in [3.8, 4) is 17.0 Å². The van der Waals surface area contributed by atoms with Crippen LogP contribution in [-0.2, 0) is 42.1 Å². The number of carbonyl (C=O) groups is 4. The van der Waals surface area contributed by atoms with Gasteiger partial charge in [-0.2, -0.15) is 0 Å². The molecule has 1 aromatic heterocycles. The zero-order valence-corrected chi connectivity index (χ0v) is 32.1. The Morgan fingerprint density at radius 3 is 2.28 bits per heavy atom. The van der Waals surface area contributed by atoms with Gasteiger partial charge in [0, 0.05) is 56.8 Å². The van der Waals surface area contributed by atoms with E-state index >= 15 is 0 Å². The van der Waals surface area contributed by atoms with Crippen molar-refractivity contribution in [2.75, 3.05) is 48.5 Å². The number of carbonyl (C=O) groups excluding carboxylic acids is 4. The summed E-state index contributed by atoms with van der Waals surface area (Å²) in [6.07, 6.45) is -0.335. The Kier molecular flexibility index (Phi) is 14.2. The molecular formula is C34H46N8O11S. The van der Waals surface area contributed by atoms with Gasteiger partial charge < -0.3 is 30.7 Å². The molecule has 0 saturated carbocycles. The SMILES string of the molecule is CNC(=O)ON(OC(=O)N(C)CCS(C)(=O)=O)c1ccc(CNC(=O)Cn2c(-c3cc(O)cc(NC(=O)OC(C)(C)C)c3)cnc(NC(C)C)c2=O)cc1. The van der Waals surface area contributed by atoms with Crippen LogP contribution in [0.15, 0.2) is 53.5 Å². The molecule has 3 aromatic rings. The summed E-state index contributed by atoms with van der Waals surface area (Å²) < 4.78 is 29.5. The first-order valence-corrected chi connectivity index (χ1v) is 18.6. The first-order valence-electron chi connectivity index (χ1n) is 16.5. The van der Waals surface area contributed by atoms with Crippen LogP contribution >= 0.6 is 0 Å². The van der Waals surface area contributed by atoms with Crippen molar-refractivity contribution >= 4 is 51.2 Å². The topological polar surface area (TPSA) is 240 Å². The lowest BCUT2D eigenvalue weighted by molar-refractivity contribution is -0.121. The van der Waals surface area contributed by atoms with Crippen LogP contribution in [0.1, 0.15) is 40.2 Å². The molecule has 54 heavy (non-hydrogen) atoms. The van der Waals surface area contributed by atoms with Gasteiger partial charge in [-0.1, -0.05) is 12.1 Å². The van der Waals surface area contributed by atoms with Crippen molar-refractivity contribution in [2.45, 2.75) is 59.4 Å². The number of ether oxygens (including phenoxy) is 1. The molecule has 5 N–H and O–H groups in total. The molecule has 0 atom stereocenters. The molecule has 2 aromatic carbocycles. The van der Waals surface area contributed by atoms with Gasteiger partial charge in [-0.15, -0.1) is 0 Å². The second kappa shape index (κ2) is 18.1. The quantitative estimate of drug-likeness (QED) is 0.148. The number of nitrogens with zero attached hydrogens (tertiary/aromatic N) is 4. The predicted octanol–water partition coefficient (Wildman–Crippen LogP) is 3.21. The summed E-state index contributed by atoms with van der Waals surface area (Å²) in [6, 6.07) is 9.97. The van der Waals surface area contributed by atoms with E-state index < -0.39 is 51.7 Å². The standard InChI is InChI=1S/C34H46N8O11S/c1-21(2)38-29-30(45)41(27(19-37-29)23-15-24(17-26(43)16-23)39-32(47)51-34(3,4)5)20-28(44)36-18-22-9-11-25(12-10-22)42(52-31(46)35-6)53-33(48)40(7)13-14-54(8,49)50/h9-12,15-17,19,21,43H,13-14,18,20H2,1-8H3,(H,35,46)(H,36,44)(H,37,38)(H,39,47). The van der Waals surface area contributed by atoms with Crippen LogP contribution in [0.2, 0.25) is 0 Å². The van der Waals surface area contributed by atoms with Gasteiger partial charge in [-0.05, 0) is 69.7 Å². The number of nitrogens with one attached hydrogen (secondary N) is 4. The highest BCUT2D eigenvalue weighted by atomic mass is 32.2. The van der Waals surface area contributed by atoms with E-state index in [1.807, 2.05) is 13.8 Å². The van der Waals surface area contributed by atoms with E-state index in [4.69, 9.17) is 14.4 Å². The number of aromatic nitrogens is 2. The Balaban J connectivity index is 1.81. The molecule has 0 unspecified atom stereocenters. The molecule has 19 nitrogen and oxygen atoms in total. The number of hydrogen-bond donors (Lipinski definition) is 5. The minimum Gasteiger partial charge on any atom is -0.508 e. The first-order chi connectivity index (χ1) is 25.1. The largest absolute Gasteiger partial charge is 0.508 e. The van der Waals surface area contributed by atoms with Crippen LogP contribution in [0, 0.1) is 0 Å². The molecule has 0 aliphatic heterocycles. The summed E-state index contributed by atoms with van der Waals surface area (Å²) in [5.74, 6) is -1.11. The second-order valence-electron chi connectivity index (χ2n) is 13.3. The Hall–Kier alpha value is -6.05. The number of phenols is 1. The Morgan fingerprint density at radius 2 is 1.69 bits per heavy atom. The normalized spacial score (nSPS) is 11.3. The molecule has 4 amide bonds. The number of amides is 4. The number of anilines is 3. The minimum atomic E-state index is -3.36. The van der Waals surface area contributed by atoms with Gasteiger partial charge in [0.2, 0.25) is 5.91 Å². The average molecular weight is 775 g/mol. The molecule has 0 saturated heterocycles. The fourth-order valence-corrected chi connectivity index (χ4v) is 5.02. The molecule has 0 bridgehead atoms. The van der Waals surface area contributed by atoms with Gasteiger partial charge in [-0.3, -0.25) is 29.1 Å². The van der Waals surface area contributed by atoms with Crippen LogP contribution in [0.25, 0.3) is 11.3 Å². The van der Waals surface area contributed by atoms with Crippen molar-refractivity contribution in [3.63, 3.8) is 0 Å². The predicted molar refractivity (Wildman–Crippen MR) is 199 cm³/mol. The average Bonchev–Trinajstić information content (AvgIpc) is 3.06. The van der Waals surface area contributed by atoms with Crippen LogP contribution < -0.4 is 32.1 Å². The summed E-state index contributed by atoms with van der Waals surface area (Å²) in [6.45, 7) is 8.09. The van der Waals surface area contributed by atoms with E-state index in [-0.39, 0.29) is 59.1 Å². The van der Waals surface area contributed by atoms with Gasteiger partial charge in [0.05, 0.1) is 17.6 Å². The number of rotatable bonds is 14. The van der Waals surface area contributed by atoms with Crippen molar-refractivity contribution in [1.82, 2.24) is 25.1 Å². The third-order valence-electron chi connectivity index (χ3n) is 6.92. The molecule has 294 valence electrons. The number of hydrogen-bond acceptors (Lipinski definition) is 14. The molecule has 3 rings (SSSR count). The van der Waals surface area contributed by atoms with E-state index in [1.54, 1.807) is 32.9 Å². The van der Waals surface area contributed by atoms with Gasteiger partial charge in [0.1, 0.15) is 33.4 Å². The summed E-state index contributed by atoms with van der Waals surface area (Å²) >= 11 is 0. The van der Waals surface area contributed by atoms with E-state index in [2.05, 4.69) is 26.3 Å². The van der Waals surface area contributed by atoms with Crippen molar-refractivity contribution < 1.29 is 47.1 Å². The number of benzene rings is 2. The summed E-state index contributed by atoms with van der Waals surface area (Å²) in [4.78, 5) is 79.3. The van der Waals surface area contributed by atoms with Crippen LogP contribution in [-0.4, -0.2) is 96.5 Å². The summed E-state index contributed by atoms with van der Waals surface area (Å²) in [5.41, 5.74) is -0.106. The Labute approximate surface area is 312 Å². The number of aromatic hydroxyl groups is 1. The van der Waals surface area contributed by atoms with Crippen LogP contribution in [0.3, 0.4) is 0 Å². The summed E-state index contributed by atoms with van der Waals surface area (Å²) in [5, 5.41) is 21.5. The van der Waals surface area contributed by atoms with E-state index in [0.29, 0.717) is 10.8 Å². The lowest BCUT2D eigenvalue weighted by atomic mass is 10.1. The van der Waals surface area contributed by atoms with Gasteiger partial charge in [0.15, 0.2) is 5.82 Å². The first kappa shape index (κ1) is 42.4. The van der Waals surface area contributed by atoms with Crippen molar-refractivity contribution in [1.29, 1.82) is 0 Å². The molecule has 20 heteroatoms. The molecule has 0 fully saturated rings. The van der Waals surface area contributed by atoms with E-state index in [1.165, 1.54) is 55.2 Å². The molecule has 1 heterocycles. The minimum absolute atomic E-state index is 0.00443. The lowest BCUT2D eigenvalue weighted by Gasteiger charge is -2.24. The highest BCUT2D eigenvalue weighted by Gasteiger charge is 2.23. The molecule has 0 spiro atoms. The lowest BCUT2D eigenvalue weighted by Crippen LogP contribution is -2.40. The summed E-state index contributed by atoms with van der Waals surface area (Å²) in [7, 11) is -0.756. The highest BCUT2D eigenvalue weighted by molar-refractivity contribution is 7.90. The monoisotopic (exact) mass is 774 g/mol. The molecule has 0 aliphatic rings. The van der Waals surface area contributed by atoms with Crippen LogP contribution in [0.5, 0.6) is 5.75 Å². The fourth-order valence-electron chi connectivity index (χ4n) is 4.42. The zero-order chi connectivity index (χ0) is 40.4. The molecule has 0 aliphatic carbocycles. The maximum Gasteiger partial charge on any atom is 0.436 e. The second-order valence-corrected chi connectivity index (χ2v) is 15.6. The number of phenolic OH excluding ortho intramolecular Hbond substituents is 1. The van der Waals surface area contributed by atoms with E-state index in [9.17, 15) is 37.5 Å². The fraction of sp³-hybridized carbons (Fsp3) is 0.412. The van der Waals surface area contributed by atoms with E-state index in [0.717, 1.165) is 11.2 Å². The third kappa shape index (κ3) is 13.5. The van der Waals surface area contributed by atoms with Crippen LogP contribution in [0.4, 0.5) is 31.6 Å².